The summed E-state index contributed by atoms with van der Waals surface area (Å²) in [7, 11) is 0. The molecule has 0 radical (unpaired) electrons. The van der Waals surface area contributed by atoms with Crippen LogP contribution in [0.5, 0.6) is 5.75 Å². The third kappa shape index (κ3) is 2.58. The van der Waals surface area contributed by atoms with Crippen molar-refractivity contribution in [1.29, 1.82) is 0 Å². The van der Waals surface area contributed by atoms with Crippen LogP contribution in [0.25, 0.3) is 0 Å². The first-order valence-corrected chi connectivity index (χ1v) is 7.54. The average molecular weight is 372 g/mol. The van der Waals surface area contributed by atoms with Crippen LogP contribution in [0, 0.1) is 0 Å². The maximum atomic E-state index is 12.2. The molecule has 5 heteroatoms. The molecule has 2 aromatic carbocycles. The molecule has 1 aliphatic rings. The Bertz CT molecular complexity index is 700. The minimum Gasteiger partial charge on any atom is -0.484 e. The molecule has 1 unspecified atom stereocenters. The average Bonchev–Trinajstić information content (AvgIpc) is 2.42. The molecule has 0 saturated carbocycles. The van der Waals surface area contributed by atoms with Crippen LogP contribution >= 0.6 is 39.1 Å². The molecule has 0 N–H and O–H groups in total. The monoisotopic (exact) mass is 370 g/mol. The molecule has 2 nitrogen and oxygen atoms in total. The first-order valence-electron chi connectivity index (χ1n) is 5.99. The molecule has 0 saturated heterocycles. The highest BCUT2D eigenvalue weighted by atomic mass is 79.9. The van der Waals surface area contributed by atoms with E-state index in [-0.39, 0.29) is 11.9 Å². The van der Waals surface area contributed by atoms with Gasteiger partial charge in [-0.2, -0.15) is 0 Å². The topological polar surface area (TPSA) is 26.3 Å². The number of carbonyl (C=O) groups is 1. The van der Waals surface area contributed by atoms with Crippen LogP contribution in [-0.2, 0) is 0 Å². The second-order valence-electron chi connectivity index (χ2n) is 4.55. The van der Waals surface area contributed by atoms with E-state index in [4.69, 9.17) is 27.9 Å². The van der Waals surface area contributed by atoms with Crippen LogP contribution in [0.4, 0.5) is 0 Å². The van der Waals surface area contributed by atoms with Crippen molar-refractivity contribution in [2.24, 2.45) is 0 Å². The van der Waals surface area contributed by atoms with Gasteiger partial charge in [-0.15, -0.1) is 0 Å². The molecule has 1 atom stereocenters. The standard InChI is InChI=1S/C15H9BrCl2O2/c16-9-2-4-14-10(6-9)13(19)7-15(20-14)8-1-3-11(17)12(18)5-8/h1-6,15H,7H2. The molecule has 1 heterocycles. The lowest BCUT2D eigenvalue weighted by Crippen LogP contribution is -2.20. The number of rotatable bonds is 1. The summed E-state index contributed by atoms with van der Waals surface area (Å²) in [5.41, 5.74) is 1.46. The SMILES string of the molecule is O=C1CC(c2ccc(Cl)c(Cl)c2)Oc2ccc(Br)cc21. The van der Waals surface area contributed by atoms with Gasteiger partial charge in [0.25, 0.3) is 0 Å². The van der Waals surface area contributed by atoms with Crippen molar-refractivity contribution >= 4 is 44.9 Å². The van der Waals surface area contributed by atoms with Crippen molar-refractivity contribution in [3.63, 3.8) is 0 Å². The quantitative estimate of drug-likeness (QED) is 0.665. The van der Waals surface area contributed by atoms with E-state index in [0.717, 1.165) is 10.0 Å². The minimum atomic E-state index is -0.328. The summed E-state index contributed by atoms with van der Waals surface area (Å²) >= 11 is 15.3. The summed E-state index contributed by atoms with van der Waals surface area (Å²) in [5, 5.41) is 0.948. The molecule has 3 rings (SSSR count). The Morgan fingerprint density at radius 3 is 2.65 bits per heavy atom. The summed E-state index contributed by atoms with van der Waals surface area (Å²) in [4.78, 5) is 12.2. The number of fused-ring (bicyclic) bond motifs is 1. The molecule has 0 aliphatic carbocycles. The van der Waals surface area contributed by atoms with Crippen LogP contribution in [-0.4, -0.2) is 5.78 Å². The van der Waals surface area contributed by atoms with E-state index in [1.807, 2.05) is 12.1 Å². The van der Waals surface area contributed by atoms with Crippen LogP contribution in [0.15, 0.2) is 40.9 Å². The fourth-order valence-electron chi connectivity index (χ4n) is 2.19. The molecular weight excluding hydrogens is 363 g/mol. The zero-order chi connectivity index (χ0) is 14.3. The van der Waals surface area contributed by atoms with E-state index in [9.17, 15) is 4.79 Å². The van der Waals surface area contributed by atoms with Crippen LogP contribution in [0.2, 0.25) is 10.0 Å². The summed E-state index contributed by atoms with van der Waals surface area (Å²) in [6, 6.07) is 10.7. The van der Waals surface area contributed by atoms with Crippen LogP contribution in [0.1, 0.15) is 28.4 Å². The lowest BCUT2D eigenvalue weighted by molar-refractivity contribution is 0.0850. The molecule has 0 aromatic heterocycles. The van der Waals surface area contributed by atoms with E-state index in [0.29, 0.717) is 27.8 Å². The van der Waals surface area contributed by atoms with Crippen molar-refractivity contribution in [3.05, 3.63) is 62.0 Å². The Labute approximate surface area is 134 Å². The summed E-state index contributed by atoms with van der Waals surface area (Å²) in [6.45, 7) is 0. The summed E-state index contributed by atoms with van der Waals surface area (Å²) < 4.78 is 6.76. The second-order valence-corrected chi connectivity index (χ2v) is 6.28. The smallest absolute Gasteiger partial charge is 0.170 e. The molecule has 0 spiro atoms. The fourth-order valence-corrected chi connectivity index (χ4v) is 2.86. The van der Waals surface area contributed by atoms with Gasteiger partial charge in [0.05, 0.1) is 22.0 Å². The van der Waals surface area contributed by atoms with Crippen molar-refractivity contribution < 1.29 is 9.53 Å². The number of hydrogen-bond acceptors (Lipinski definition) is 2. The Morgan fingerprint density at radius 2 is 1.90 bits per heavy atom. The summed E-state index contributed by atoms with van der Waals surface area (Å²) in [5.74, 6) is 0.657. The van der Waals surface area contributed by atoms with Crippen molar-refractivity contribution in [3.8, 4) is 5.75 Å². The Morgan fingerprint density at radius 1 is 1.10 bits per heavy atom. The zero-order valence-electron chi connectivity index (χ0n) is 10.2. The molecule has 0 fully saturated rings. The molecule has 20 heavy (non-hydrogen) atoms. The van der Waals surface area contributed by atoms with Gasteiger partial charge in [0.2, 0.25) is 0 Å². The van der Waals surface area contributed by atoms with E-state index in [1.54, 1.807) is 24.3 Å². The third-order valence-electron chi connectivity index (χ3n) is 3.20. The van der Waals surface area contributed by atoms with Gasteiger partial charge >= 0.3 is 0 Å². The van der Waals surface area contributed by atoms with Gasteiger partial charge in [0, 0.05) is 4.47 Å². The lowest BCUT2D eigenvalue weighted by atomic mass is 9.96. The third-order valence-corrected chi connectivity index (χ3v) is 4.43. The lowest BCUT2D eigenvalue weighted by Gasteiger charge is -2.25. The highest BCUT2D eigenvalue weighted by molar-refractivity contribution is 9.10. The number of carbonyl (C=O) groups excluding carboxylic acids is 1. The van der Waals surface area contributed by atoms with Crippen molar-refractivity contribution in [2.75, 3.05) is 0 Å². The van der Waals surface area contributed by atoms with Gasteiger partial charge in [0.1, 0.15) is 11.9 Å². The van der Waals surface area contributed by atoms with E-state index < -0.39 is 0 Å². The van der Waals surface area contributed by atoms with Crippen molar-refractivity contribution in [2.45, 2.75) is 12.5 Å². The number of hydrogen-bond donors (Lipinski definition) is 0. The number of Topliss-reactive ketones (excluding diaryl/α,β-unsaturated/α-hetero) is 1. The molecule has 0 amide bonds. The minimum absolute atomic E-state index is 0.0589. The number of halogens is 3. The van der Waals surface area contributed by atoms with Crippen LogP contribution in [0.3, 0.4) is 0 Å². The maximum Gasteiger partial charge on any atom is 0.170 e. The first-order chi connectivity index (χ1) is 9.54. The summed E-state index contributed by atoms with van der Waals surface area (Å²) in [6.07, 6.45) is -0.0348. The largest absolute Gasteiger partial charge is 0.484 e. The second kappa shape index (κ2) is 5.40. The van der Waals surface area contributed by atoms with E-state index in [1.165, 1.54) is 0 Å². The Kier molecular flexibility index (Phi) is 3.76. The molecule has 102 valence electrons. The van der Waals surface area contributed by atoms with Gasteiger partial charge in [-0.3, -0.25) is 4.79 Å². The van der Waals surface area contributed by atoms with E-state index >= 15 is 0 Å². The number of ether oxygens (including phenoxy) is 1. The molecule has 0 bridgehead atoms. The Balaban J connectivity index is 1.97. The highest BCUT2D eigenvalue weighted by Crippen LogP contribution is 2.37. The zero-order valence-corrected chi connectivity index (χ0v) is 13.3. The van der Waals surface area contributed by atoms with Gasteiger partial charge in [-0.25, -0.2) is 0 Å². The molecule has 1 aliphatic heterocycles. The van der Waals surface area contributed by atoms with E-state index in [2.05, 4.69) is 15.9 Å². The molecular formula is C15H9BrCl2O2. The molecule has 2 aromatic rings. The van der Waals surface area contributed by atoms with Crippen LogP contribution < -0.4 is 4.74 Å². The van der Waals surface area contributed by atoms with Crippen molar-refractivity contribution in [1.82, 2.24) is 0 Å². The van der Waals surface area contributed by atoms with Gasteiger partial charge in [-0.05, 0) is 35.9 Å². The maximum absolute atomic E-state index is 12.2. The van der Waals surface area contributed by atoms with Gasteiger partial charge < -0.3 is 4.74 Å². The number of ketones is 1. The number of benzene rings is 2. The van der Waals surface area contributed by atoms with Gasteiger partial charge in [-0.1, -0.05) is 45.2 Å². The Hall–Kier alpha value is -1.03. The normalized spacial score (nSPS) is 17.6. The first kappa shape index (κ1) is 13.9. The highest BCUT2D eigenvalue weighted by Gasteiger charge is 2.28. The fraction of sp³-hybridized carbons (Fsp3) is 0.133. The predicted octanol–water partition coefficient (Wildman–Crippen LogP) is 5.46. The van der Waals surface area contributed by atoms with Gasteiger partial charge in [0.15, 0.2) is 5.78 Å². The predicted molar refractivity (Wildman–Crippen MR) is 82.9 cm³/mol.